The van der Waals surface area contributed by atoms with Crippen molar-refractivity contribution in [2.75, 3.05) is 25.6 Å². The molecule has 0 fully saturated rings. The third kappa shape index (κ3) is 3.86. The van der Waals surface area contributed by atoms with E-state index < -0.39 is 12.0 Å². The molecule has 3 heterocycles. The van der Waals surface area contributed by atoms with Crippen LogP contribution in [-0.2, 0) is 9.53 Å². The van der Waals surface area contributed by atoms with Gasteiger partial charge < -0.3 is 14.1 Å². The molecular weight excluding hydrogens is 414 g/mol. The summed E-state index contributed by atoms with van der Waals surface area (Å²) in [4.78, 5) is 33.4. The van der Waals surface area contributed by atoms with Crippen molar-refractivity contribution in [3.63, 3.8) is 0 Å². The Morgan fingerprint density at radius 2 is 2.03 bits per heavy atom. The van der Waals surface area contributed by atoms with Gasteiger partial charge in [-0.25, -0.2) is 9.79 Å². The predicted molar refractivity (Wildman–Crippen MR) is 120 cm³/mol. The van der Waals surface area contributed by atoms with Crippen molar-refractivity contribution in [1.82, 2.24) is 4.57 Å². The molecule has 0 spiro atoms. The molecule has 1 atom stereocenters. The quantitative estimate of drug-likeness (QED) is 0.573. The van der Waals surface area contributed by atoms with Gasteiger partial charge >= 0.3 is 5.97 Å². The second-order valence-electron chi connectivity index (χ2n) is 7.30. The number of hydrogen-bond acceptors (Lipinski definition) is 7. The summed E-state index contributed by atoms with van der Waals surface area (Å²) in [6, 6.07) is 10.7. The Morgan fingerprint density at radius 1 is 1.29 bits per heavy atom. The number of carbonyl (C=O) groups excluding carboxylic acids is 1. The normalized spacial score (nSPS) is 16.1. The van der Waals surface area contributed by atoms with Crippen molar-refractivity contribution in [2.24, 2.45) is 4.99 Å². The van der Waals surface area contributed by atoms with Gasteiger partial charge in [-0.15, -0.1) is 0 Å². The van der Waals surface area contributed by atoms with Gasteiger partial charge in [-0.1, -0.05) is 23.5 Å². The summed E-state index contributed by atoms with van der Waals surface area (Å²) in [5.41, 5.74) is 2.53. The van der Waals surface area contributed by atoms with E-state index in [0.29, 0.717) is 26.4 Å². The number of ether oxygens (including phenoxy) is 1. The Hall–Kier alpha value is -3.39. The average Bonchev–Trinajstić information content (AvgIpc) is 3.35. The fourth-order valence-electron chi connectivity index (χ4n) is 3.56. The molecule has 1 aliphatic rings. The second kappa shape index (κ2) is 8.39. The highest BCUT2D eigenvalue weighted by atomic mass is 32.1. The molecule has 0 bridgehead atoms. The SMILES string of the molecule is CCOC(=O)C1=C(C)N=c2s/c(=C\c3ccco3)c(=O)n2[C@@H]1c1ccc(N(C)C)cc1. The number of anilines is 1. The minimum absolute atomic E-state index is 0.226. The minimum Gasteiger partial charge on any atom is -0.465 e. The summed E-state index contributed by atoms with van der Waals surface area (Å²) >= 11 is 1.27. The molecule has 2 aromatic heterocycles. The largest absolute Gasteiger partial charge is 0.465 e. The Kier molecular flexibility index (Phi) is 5.65. The lowest BCUT2D eigenvalue weighted by Crippen LogP contribution is -2.39. The van der Waals surface area contributed by atoms with Gasteiger partial charge in [0.25, 0.3) is 5.56 Å². The van der Waals surface area contributed by atoms with Gasteiger partial charge in [0.1, 0.15) is 5.76 Å². The highest BCUT2D eigenvalue weighted by molar-refractivity contribution is 7.07. The van der Waals surface area contributed by atoms with E-state index in [9.17, 15) is 9.59 Å². The van der Waals surface area contributed by atoms with Crippen LogP contribution in [0.15, 0.2) is 68.1 Å². The molecule has 0 N–H and O–H groups in total. The highest BCUT2D eigenvalue weighted by Crippen LogP contribution is 2.31. The van der Waals surface area contributed by atoms with Crippen molar-refractivity contribution in [3.8, 4) is 0 Å². The van der Waals surface area contributed by atoms with Crippen LogP contribution in [0.3, 0.4) is 0 Å². The first-order valence-electron chi connectivity index (χ1n) is 9.91. The zero-order valence-corrected chi connectivity index (χ0v) is 18.6. The monoisotopic (exact) mass is 437 g/mol. The summed E-state index contributed by atoms with van der Waals surface area (Å²) < 4.78 is 12.7. The van der Waals surface area contributed by atoms with Gasteiger partial charge in [0.15, 0.2) is 4.80 Å². The molecule has 0 radical (unpaired) electrons. The molecule has 0 unspecified atom stereocenters. The second-order valence-corrected chi connectivity index (χ2v) is 8.31. The zero-order valence-electron chi connectivity index (χ0n) is 17.8. The first-order chi connectivity index (χ1) is 14.9. The predicted octanol–water partition coefficient (Wildman–Crippen LogP) is 2.46. The molecular formula is C23H23N3O4S. The standard InChI is InChI=1S/C23H23N3O4S/c1-5-29-22(28)19-14(2)24-23-26(20(19)15-8-10-16(11-9-15)25(3)4)21(27)18(31-23)13-17-7-6-12-30-17/h6-13,20H,5H2,1-4H3/b18-13-/t20-/m1/s1. The van der Waals surface area contributed by atoms with Gasteiger partial charge in [0.2, 0.25) is 0 Å². The molecule has 3 aromatic rings. The number of aromatic nitrogens is 1. The van der Waals surface area contributed by atoms with Crippen LogP contribution in [0.5, 0.6) is 0 Å². The summed E-state index contributed by atoms with van der Waals surface area (Å²) in [5.74, 6) is 0.115. The van der Waals surface area contributed by atoms with Crippen LogP contribution in [-0.4, -0.2) is 31.2 Å². The van der Waals surface area contributed by atoms with Crippen molar-refractivity contribution in [2.45, 2.75) is 19.9 Å². The summed E-state index contributed by atoms with van der Waals surface area (Å²) in [7, 11) is 3.92. The molecule has 0 aliphatic carbocycles. The Balaban J connectivity index is 1.94. The Labute approximate surface area is 183 Å². The maximum atomic E-state index is 13.4. The molecule has 0 saturated carbocycles. The Bertz CT molecular complexity index is 1310. The maximum Gasteiger partial charge on any atom is 0.338 e. The van der Waals surface area contributed by atoms with E-state index in [2.05, 4.69) is 4.99 Å². The van der Waals surface area contributed by atoms with E-state index in [1.807, 2.05) is 43.3 Å². The van der Waals surface area contributed by atoms with Crippen LogP contribution in [0, 0.1) is 0 Å². The summed E-state index contributed by atoms with van der Waals surface area (Å²) in [6.45, 7) is 3.77. The van der Waals surface area contributed by atoms with Crippen LogP contribution < -0.4 is 19.8 Å². The Morgan fingerprint density at radius 3 is 2.65 bits per heavy atom. The zero-order chi connectivity index (χ0) is 22.1. The van der Waals surface area contributed by atoms with Gasteiger partial charge in [-0.3, -0.25) is 9.36 Å². The fraction of sp³-hybridized carbons (Fsp3) is 0.261. The topological polar surface area (TPSA) is 77.0 Å². The van der Waals surface area contributed by atoms with Crippen LogP contribution in [0.2, 0.25) is 0 Å². The fourth-order valence-corrected chi connectivity index (χ4v) is 4.59. The molecule has 1 aromatic carbocycles. The van der Waals surface area contributed by atoms with Gasteiger partial charge in [-0.05, 0) is 43.7 Å². The van der Waals surface area contributed by atoms with Gasteiger partial charge in [0, 0.05) is 25.9 Å². The summed E-state index contributed by atoms with van der Waals surface area (Å²) in [6.07, 6.45) is 3.25. The number of fused-ring (bicyclic) bond motifs is 1. The first-order valence-corrected chi connectivity index (χ1v) is 10.7. The van der Waals surface area contributed by atoms with Crippen LogP contribution in [0.1, 0.15) is 31.2 Å². The molecule has 4 rings (SSSR count). The number of thiazole rings is 1. The number of hydrogen-bond donors (Lipinski definition) is 0. The number of nitrogens with zero attached hydrogens (tertiary/aromatic N) is 3. The van der Waals surface area contributed by atoms with Crippen molar-refractivity contribution in [1.29, 1.82) is 0 Å². The molecule has 31 heavy (non-hydrogen) atoms. The van der Waals surface area contributed by atoms with Crippen LogP contribution >= 0.6 is 11.3 Å². The third-order valence-electron chi connectivity index (χ3n) is 5.06. The molecule has 0 saturated heterocycles. The number of furan rings is 1. The minimum atomic E-state index is -0.620. The van der Waals surface area contributed by atoms with E-state index in [4.69, 9.17) is 9.15 Å². The molecule has 7 nitrogen and oxygen atoms in total. The number of esters is 1. The summed E-state index contributed by atoms with van der Waals surface area (Å²) in [5, 5.41) is 0. The molecule has 1 aliphatic heterocycles. The maximum absolute atomic E-state index is 13.4. The van der Waals surface area contributed by atoms with E-state index in [1.165, 1.54) is 11.3 Å². The van der Waals surface area contributed by atoms with Crippen molar-refractivity contribution >= 4 is 29.1 Å². The molecule has 0 amide bonds. The molecule has 160 valence electrons. The third-order valence-corrected chi connectivity index (χ3v) is 6.04. The van der Waals surface area contributed by atoms with Crippen LogP contribution in [0.25, 0.3) is 6.08 Å². The van der Waals surface area contributed by atoms with Crippen molar-refractivity contribution in [3.05, 3.63) is 84.9 Å². The lowest BCUT2D eigenvalue weighted by molar-refractivity contribution is -0.139. The number of carbonyl (C=O) groups is 1. The number of benzene rings is 1. The van der Waals surface area contributed by atoms with Gasteiger partial charge in [0.05, 0.1) is 34.7 Å². The van der Waals surface area contributed by atoms with E-state index in [0.717, 1.165) is 11.3 Å². The lowest BCUT2D eigenvalue weighted by Gasteiger charge is -2.25. The highest BCUT2D eigenvalue weighted by Gasteiger charge is 2.33. The first kappa shape index (κ1) is 20.9. The lowest BCUT2D eigenvalue weighted by atomic mass is 9.95. The van der Waals surface area contributed by atoms with Crippen LogP contribution in [0.4, 0.5) is 5.69 Å². The van der Waals surface area contributed by atoms with E-state index in [-0.39, 0.29) is 12.2 Å². The number of allylic oxidation sites excluding steroid dienone is 1. The van der Waals surface area contributed by atoms with Gasteiger partial charge in [-0.2, -0.15) is 0 Å². The van der Waals surface area contributed by atoms with Crippen molar-refractivity contribution < 1.29 is 13.9 Å². The average molecular weight is 438 g/mol. The molecule has 8 heteroatoms. The number of rotatable bonds is 5. The van der Waals surface area contributed by atoms with E-state index in [1.54, 1.807) is 42.9 Å². The van der Waals surface area contributed by atoms with E-state index >= 15 is 0 Å². The smallest absolute Gasteiger partial charge is 0.338 e.